The van der Waals surface area contributed by atoms with Gasteiger partial charge in [0.25, 0.3) is 0 Å². The number of alkyl halides is 1. The number of rotatable bonds is 5. The average Bonchev–Trinajstić information content (AvgIpc) is 3.35. The van der Waals surface area contributed by atoms with Gasteiger partial charge in [-0.15, -0.1) is 0 Å². The zero-order valence-corrected chi connectivity index (χ0v) is 19.7. The third kappa shape index (κ3) is 4.37. The van der Waals surface area contributed by atoms with Crippen LogP contribution in [0.25, 0.3) is 10.9 Å². The van der Waals surface area contributed by atoms with E-state index in [9.17, 15) is 14.6 Å². The highest BCUT2D eigenvalue weighted by Crippen LogP contribution is 2.34. The molecule has 1 unspecified atom stereocenters. The normalized spacial score (nSPS) is 25.5. The van der Waals surface area contributed by atoms with Crippen LogP contribution in [0, 0.1) is 0 Å². The Morgan fingerprint density at radius 3 is 2.74 bits per heavy atom. The topological polar surface area (TPSA) is 115 Å². The SMILES string of the molecule is CC(C)n1nc(N2CCC(C)(O)C2)c2cnc(Nc3ccnc(N4CC[C@@H](O)[C@@H](F)C4)n3)cc21. The van der Waals surface area contributed by atoms with Crippen LogP contribution < -0.4 is 15.1 Å². The summed E-state index contributed by atoms with van der Waals surface area (Å²) in [6, 6.07) is 3.82. The minimum atomic E-state index is -1.32. The molecule has 3 atom stereocenters. The summed E-state index contributed by atoms with van der Waals surface area (Å²) in [5.74, 6) is 2.40. The third-order valence-corrected chi connectivity index (χ3v) is 6.50. The molecule has 5 rings (SSSR count). The van der Waals surface area contributed by atoms with Crippen molar-refractivity contribution < 1.29 is 14.6 Å². The van der Waals surface area contributed by atoms with Gasteiger partial charge in [-0.1, -0.05) is 0 Å². The van der Waals surface area contributed by atoms with Crippen molar-refractivity contribution in [2.75, 3.05) is 41.3 Å². The highest BCUT2D eigenvalue weighted by Gasteiger charge is 2.34. The number of halogens is 1. The minimum Gasteiger partial charge on any atom is -0.390 e. The van der Waals surface area contributed by atoms with E-state index in [2.05, 4.69) is 39.0 Å². The van der Waals surface area contributed by atoms with Gasteiger partial charge in [0.2, 0.25) is 5.95 Å². The molecule has 2 saturated heterocycles. The number of pyridine rings is 1. The van der Waals surface area contributed by atoms with Gasteiger partial charge in [-0.05, 0) is 39.7 Å². The smallest absolute Gasteiger partial charge is 0.227 e. The van der Waals surface area contributed by atoms with Crippen LogP contribution in [0.15, 0.2) is 24.5 Å². The number of hydrogen-bond donors (Lipinski definition) is 3. The van der Waals surface area contributed by atoms with Gasteiger partial charge in [-0.3, -0.25) is 4.68 Å². The molecule has 0 aliphatic carbocycles. The van der Waals surface area contributed by atoms with Crippen molar-refractivity contribution in [3.63, 3.8) is 0 Å². The van der Waals surface area contributed by atoms with E-state index in [1.165, 1.54) is 0 Å². The molecular formula is C23H31FN8O2. The lowest BCUT2D eigenvalue weighted by Gasteiger charge is -2.32. The van der Waals surface area contributed by atoms with Crippen LogP contribution >= 0.6 is 0 Å². The molecule has 3 N–H and O–H groups in total. The molecule has 3 aromatic heterocycles. The highest BCUT2D eigenvalue weighted by molar-refractivity contribution is 5.92. The van der Waals surface area contributed by atoms with Crippen LogP contribution in [-0.2, 0) is 0 Å². The van der Waals surface area contributed by atoms with Crippen molar-refractivity contribution in [1.29, 1.82) is 0 Å². The Labute approximate surface area is 197 Å². The molecule has 0 amide bonds. The van der Waals surface area contributed by atoms with Crippen LogP contribution in [0.4, 0.5) is 27.8 Å². The summed E-state index contributed by atoms with van der Waals surface area (Å²) in [6.07, 6.45) is 2.21. The van der Waals surface area contributed by atoms with E-state index < -0.39 is 17.9 Å². The lowest BCUT2D eigenvalue weighted by Crippen LogP contribution is -2.45. The maximum absolute atomic E-state index is 14.0. The number of β-amino-alcohol motifs (C(OH)–C–C–N with tert-alkyl or cyclic N) is 1. The summed E-state index contributed by atoms with van der Waals surface area (Å²) in [7, 11) is 0. The first kappa shape index (κ1) is 22.7. The first-order chi connectivity index (χ1) is 16.2. The average molecular weight is 471 g/mol. The standard InChI is InChI=1S/C23H31FN8O2/c1-14(2)32-17-10-20(26-11-15(17)21(29-32)31-9-6-23(3,34)13-31)27-19-4-7-25-22(28-19)30-8-5-18(33)16(24)12-30/h4,7,10-11,14,16,18,33-34H,5-6,8-9,12-13H2,1-3H3,(H,25,26,27,28)/t16-,18+,23?/m0/s1. The van der Waals surface area contributed by atoms with E-state index >= 15 is 0 Å². The molecule has 10 nitrogen and oxygen atoms in total. The summed E-state index contributed by atoms with van der Waals surface area (Å²) < 4.78 is 15.9. The number of nitrogens with one attached hydrogen (secondary N) is 1. The van der Waals surface area contributed by atoms with E-state index in [1.807, 2.05) is 17.7 Å². The van der Waals surface area contributed by atoms with E-state index in [0.717, 1.165) is 23.3 Å². The van der Waals surface area contributed by atoms with Crippen molar-refractivity contribution in [3.8, 4) is 0 Å². The van der Waals surface area contributed by atoms with Crippen molar-refractivity contribution in [1.82, 2.24) is 24.7 Å². The predicted octanol–water partition coefficient (Wildman–Crippen LogP) is 2.42. The fourth-order valence-corrected chi connectivity index (χ4v) is 4.61. The lowest BCUT2D eigenvalue weighted by molar-refractivity contribution is 0.0612. The molecular weight excluding hydrogens is 439 g/mol. The van der Waals surface area contributed by atoms with Gasteiger partial charge in [0.15, 0.2) is 5.82 Å². The second-order valence-corrected chi connectivity index (χ2v) is 9.80. The molecule has 2 aliphatic rings. The molecule has 5 heterocycles. The molecule has 0 aromatic carbocycles. The first-order valence-electron chi connectivity index (χ1n) is 11.7. The number of aromatic nitrogens is 5. The number of hydrogen-bond acceptors (Lipinski definition) is 9. The van der Waals surface area contributed by atoms with Crippen molar-refractivity contribution >= 4 is 34.3 Å². The summed E-state index contributed by atoms with van der Waals surface area (Å²) >= 11 is 0. The van der Waals surface area contributed by atoms with E-state index in [0.29, 0.717) is 43.5 Å². The Kier molecular flexibility index (Phi) is 5.76. The molecule has 182 valence electrons. The number of anilines is 4. The number of fused-ring (bicyclic) bond motifs is 1. The molecule has 2 aliphatic heterocycles. The Hall–Kier alpha value is -3.05. The molecule has 3 aromatic rings. The van der Waals surface area contributed by atoms with Gasteiger partial charge in [-0.25, -0.2) is 14.4 Å². The summed E-state index contributed by atoms with van der Waals surface area (Å²) in [4.78, 5) is 17.2. The molecule has 0 spiro atoms. The molecule has 0 bridgehead atoms. The third-order valence-electron chi connectivity index (χ3n) is 6.50. The molecule has 2 fully saturated rings. The van der Waals surface area contributed by atoms with Crippen molar-refractivity contribution in [2.45, 2.75) is 57.5 Å². The van der Waals surface area contributed by atoms with Gasteiger partial charge in [-0.2, -0.15) is 10.1 Å². The lowest BCUT2D eigenvalue weighted by atomic mass is 10.1. The second-order valence-electron chi connectivity index (χ2n) is 9.80. The zero-order valence-electron chi connectivity index (χ0n) is 19.7. The summed E-state index contributed by atoms with van der Waals surface area (Å²) in [5, 5.41) is 29.1. The summed E-state index contributed by atoms with van der Waals surface area (Å²) in [6.45, 7) is 7.85. The second kappa shape index (κ2) is 8.62. The van der Waals surface area contributed by atoms with Crippen LogP contribution in [-0.4, -0.2) is 79.0 Å². The zero-order chi connectivity index (χ0) is 24.0. The monoisotopic (exact) mass is 470 g/mol. The summed E-state index contributed by atoms with van der Waals surface area (Å²) in [5.41, 5.74) is 0.218. The Morgan fingerprint density at radius 1 is 1.21 bits per heavy atom. The van der Waals surface area contributed by atoms with Gasteiger partial charge < -0.3 is 25.3 Å². The van der Waals surface area contributed by atoms with Crippen LogP contribution in [0.5, 0.6) is 0 Å². The maximum atomic E-state index is 14.0. The Morgan fingerprint density at radius 2 is 2.03 bits per heavy atom. The predicted molar refractivity (Wildman–Crippen MR) is 128 cm³/mol. The van der Waals surface area contributed by atoms with Crippen molar-refractivity contribution in [3.05, 3.63) is 24.5 Å². The largest absolute Gasteiger partial charge is 0.390 e. The first-order valence-corrected chi connectivity index (χ1v) is 11.7. The van der Waals surface area contributed by atoms with E-state index in [-0.39, 0.29) is 12.6 Å². The molecule has 0 radical (unpaired) electrons. The van der Waals surface area contributed by atoms with Gasteiger partial charge >= 0.3 is 0 Å². The molecule has 34 heavy (non-hydrogen) atoms. The van der Waals surface area contributed by atoms with Crippen LogP contribution in [0.1, 0.15) is 39.7 Å². The van der Waals surface area contributed by atoms with Gasteiger partial charge in [0.1, 0.15) is 17.8 Å². The highest BCUT2D eigenvalue weighted by atomic mass is 19.1. The number of piperidine rings is 1. The van der Waals surface area contributed by atoms with Gasteiger partial charge in [0.05, 0.1) is 29.2 Å². The Bertz CT molecular complexity index is 1180. The van der Waals surface area contributed by atoms with Gasteiger partial charge in [0, 0.05) is 44.1 Å². The minimum absolute atomic E-state index is 0.0641. The molecule has 11 heteroatoms. The van der Waals surface area contributed by atoms with E-state index in [4.69, 9.17) is 5.10 Å². The maximum Gasteiger partial charge on any atom is 0.227 e. The fourth-order valence-electron chi connectivity index (χ4n) is 4.61. The number of nitrogens with zero attached hydrogens (tertiary/aromatic N) is 7. The number of aliphatic hydroxyl groups excluding tert-OH is 1. The number of aliphatic hydroxyl groups is 2. The van der Waals surface area contributed by atoms with E-state index in [1.54, 1.807) is 23.4 Å². The fraction of sp³-hybridized carbons (Fsp3) is 0.565. The molecule has 0 saturated carbocycles. The van der Waals surface area contributed by atoms with Crippen LogP contribution in [0.3, 0.4) is 0 Å². The van der Waals surface area contributed by atoms with Crippen molar-refractivity contribution in [2.24, 2.45) is 0 Å². The quantitative estimate of drug-likeness (QED) is 0.517. The Balaban J connectivity index is 1.41. The van der Waals surface area contributed by atoms with Crippen LogP contribution in [0.2, 0.25) is 0 Å².